The number of para-hydroxylation sites is 1. The van der Waals surface area contributed by atoms with E-state index in [-0.39, 0.29) is 0 Å². The van der Waals surface area contributed by atoms with Crippen LogP contribution in [0.25, 0.3) is 0 Å². The van der Waals surface area contributed by atoms with Crippen molar-refractivity contribution in [1.82, 2.24) is 4.98 Å². The second kappa shape index (κ2) is 4.56. The molecule has 0 saturated heterocycles. The first kappa shape index (κ1) is 10.9. The summed E-state index contributed by atoms with van der Waals surface area (Å²) in [4.78, 5) is 4.25. The third kappa shape index (κ3) is 2.09. The number of fused-ring (bicyclic) bond motifs is 1. The van der Waals surface area contributed by atoms with Crippen LogP contribution in [0.2, 0.25) is 0 Å². The Morgan fingerprint density at radius 2 is 2.17 bits per heavy atom. The first-order valence-corrected chi connectivity index (χ1v) is 5.87. The zero-order chi connectivity index (χ0) is 12.4. The van der Waals surface area contributed by atoms with Gasteiger partial charge in [-0.2, -0.15) is 0 Å². The number of rotatable bonds is 3. The lowest BCUT2D eigenvalue weighted by molar-refractivity contribution is 0.173. The summed E-state index contributed by atoms with van der Waals surface area (Å²) in [7, 11) is 0. The van der Waals surface area contributed by atoms with Crippen LogP contribution in [0.5, 0.6) is 11.5 Å². The van der Waals surface area contributed by atoms with Gasteiger partial charge in [0.2, 0.25) is 6.79 Å². The molecule has 1 aliphatic rings. The third-order valence-corrected chi connectivity index (χ3v) is 2.87. The van der Waals surface area contributed by atoms with Gasteiger partial charge in [0.1, 0.15) is 0 Å². The Bertz CT molecular complexity index is 552. The second-order valence-electron chi connectivity index (χ2n) is 4.19. The lowest BCUT2D eigenvalue weighted by Gasteiger charge is -2.08. The van der Waals surface area contributed by atoms with E-state index in [0.717, 1.165) is 28.4 Å². The summed E-state index contributed by atoms with van der Waals surface area (Å²) in [6.45, 7) is 2.97. The Hall–Kier alpha value is -2.23. The van der Waals surface area contributed by atoms with Gasteiger partial charge >= 0.3 is 0 Å². The first-order chi connectivity index (χ1) is 8.83. The molecule has 0 fully saturated rings. The molecular weight excluding hydrogens is 228 g/mol. The average Bonchev–Trinajstić information content (AvgIpc) is 2.87. The summed E-state index contributed by atoms with van der Waals surface area (Å²) in [6, 6.07) is 9.92. The largest absolute Gasteiger partial charge is 0.454 e. The van der Waals surface area contributed by atoms with Gasteiger partial charge in [0.25, 0.3) is 0 Å². The second-order valence-corrected chi connectivity index (χ2v) is 4.19. The summed E-state index contributed by atoms with van der Waals surface area (Å²) < 4.78 is 10.8. The fraction of sp³-hybridized carbons (Fsp3) is 0.214. The van der Waals surface area contributed by atoms with Crippen molar-refractivity contribution < 1.29 is 9.47 Å². The van der Waals surface area contributed by atoms with E-state index in [9.17, 15) is 0 Å². The number of aryl methyl sites for hydroxylation is 1. The SMILES string of the molecule is Cc1ccc(NCc2cccc3c2OCO3)cn1. The molecule has 1 N–H and O–H groups in total. The van der Waals surface area contributed by atoms with Crippen LogP contribution in [-0.4, -0.2) is 11.8 Å². The number of hydrogen-bond donors (Lipinski definition) is 1. The Balaban J connectivity index is 1.74. The van der Waals surface area contributed by atoms with Gasteiger partial charge < -0.3 is 14.8 Å². The van der Waals surface area contributed by atoms with Gasteiger partial charge in [0.05, 0.1) is 11.9 Å². The van der Waals surface area contributed by atoms with Crippen LogP contribution in [0.4, 0.5) is 5.69 Å². The van der Waals surface area contributed by atoms with Gasteiger partial charge in [-0.05, 0) is 25.1 Å². The molecule has 0 spiro atoms. The van der Waals surface area contributed by atoms with E-state index in [4.69, 9.17) is 9.47 Å². The maximum Gasteiger partial charge on any atom is 0.231 e. The molecule has 1 aromatic carbocycles. The highest BCUT2D eigenvalue weighted by Gasteiger charge is 2.16. The first-order valence-electron chi connectivity index (χ1n) is 5.87. The predicted octanol–water partition coefficient (Wildman–Crippen LogP) is 2.73. The van der Waals surface area contributed by atoms with Crippen molar-refractivity contribution in [1.29, 1.82) is 0 Å². The lowest BCUT2D eigenvalue weighted by Crippen LogP contribution is -2.01. The summed E-state index contributed by atoms with van der Waals surface area (Å²) in [6.07, 6.45) is 1.83. The zero-order valence-electron chi connectivity index (χ0n) is 10.1. The van der Waals surface area contributed by atoms with E-state index >= 15 is 0 Å². The fourth-order valence-corrected chi connectivity index (χ4v) is 1.90. The Labute approximate surface area is 106 Å². The lowest BCUT2D eigenvalue weighted by atomic mass is 10.2. The van der Waals surface area contributed by atoms with Crippen LogP contribution in [0.1, 0.15) is 11.3 Å². The molecule has 0 amide bonds. The molecule has 0 atom stereocenters. The van der Waals surface area contributed by atoms with E-state index in [1.807, 2.05) is 43.5 Å². The topological polar surface area (TPSA) is 43.4 Å². The molecule has 2 aromatic rings. The van der Waals surface area contributed by atoms with E-state index in [0.29, 0.717) is 13.3 Å². The normalized spacial score (nSPS) is 12.5. The number of ether oxygens (including phenoxy) is 2. The van der Waals surface area contributed by atoms with Crippen molar-refractivity contribution in [3.63, 3.8) is 0 Å². The Morgan fingerprint density at radius 1 is 1.22 bits per heavy atom. The van der Waals surface area contributed by atoms with Gasteiger partial charge in [0, 0.05) is 17.8 Å². The third-order valence-electron chi connectivity index (χ3n) is 2.87. The smallest absolute Gasteiger partial charge is 0.231 e. The molecule has 4 heteroatoms. The maximum absolute atomic E-state index is 5.46. The minimum Gasteiger partial charge on any atom is -0.454 e. The van der Waals surface area contributed by atoms with Gasteiger partial charge in [-0.1, -0.05) is 12.1 Å². The summed E-state index contributed by atoms with van der Waals surface area (Å²) in [5.41, 5.74) is 3.10. The summed E-state index contributed by atoms with van der Waals surface area (Å²) in [5, 5.41) is 3.32. The highest BCUT2D eigenvalue weighted by molar-refractivity contribution is 5.50. The van der Waals surface area contributed by atoms with Gasteiger partial charge in [-0.3, -0.25) is 4.98 Å². The minimum atomic E-state index is 0.304. The number of pyridine rings is 1. The van der Waals surface area contributed by atoms with E-state index in [1.54, 1.807) is 0 Å². The number of aromatic nitrogens is 1. The zero-order valence-corrected chi connectivity index (χ0v) is 10.1. The molecule has 4 nitrogen and oxygen atoms in total. The summed E-state index contributed by atoms with van der Waals surface area (Å²) in [5.74, 6) is 1.65. The van der Waals surface area contributed by atoms with E-state index in [1.165, 1.54) is 0 Å². The number of benzene rings is 1. The highest BCUT2D eigenvalue weighted by Crippen LogP contribution is 2.35. The minimum absolute atomic E-state index is 0.304. The van der Waals surface area contributed by atoms with Crippen LogP contribution >= 0.6 is 0 Å². The molecule has 1 aliphatic heterocycles. The van der Waals surface area contributed by atoms with E-state index in [2.05, 4.69) is 10.3 Å². The quantitative estimate of drug-likeness (QED) is 0.898. The number of hydrogen-bond acceptors (Lipinski definition) is 4. The molecule has 92 valence electrons. The van der Waals surface area contributed by atoms with Crippen molar-refractivity contribution in [2.75, 3.05) is 12.1 Å². The molecule has 0 bridgehead atoms. The number of nitrogens with one attached hydrogen (secondary N) is 1. The van der Waals surface area contributed by atoms with Crippen molar-refractivity contribution in [3.8, 4) is 11.5 Å². The molecule has 0 saturated carbocycles. The number of nitrogens with zero attached hydrogens (tertiary/aromatic N) is 1. The van der Waals surface area contributed by atoms with Gasteiger partial charge in [0.15, 0.2) is 11.5 Å². The fourth-order valence-electron chi connectivity index (χ4n) is 1.90. The maximum atomic E-state index is 5.46. The van der Waals surface area contributed by atoms with Crippen molar-refractivity contribution >= 4 is 5.69 Å². The molecule has 2 heterocycles. The molecular formula is C14H14N2O2. The van der Waals surface area contributed by atoms with Crippen LogP contribution in [0.15, 0.2) is 36.5 Å². The van der Waals surface area contributed by atoms with Crippen molar-refractivity contribution in [2.24, 2.45) is 0 Å². The van der Waals surface area contributed by atoms with Gasteiger partial charge in [-0.25, -0.2) is 0 Å². The van der Waals surface area contributed by atoms with Crippen LogP contribution in [0.3, 0.4) is 0 Å². The predicted molar refractivity (Wildman–Crippen MR) is 68.9 cm³/mol. The highest BCUT2D eigenvalue weighted by atomic mass is 16.7. The van der Waals surface area contributed by atoms with Crippen LogP contribution < -0.4 is 14.8 Å². The Kier molecular flexibility index (Phi) is 2.76. The molecule has 1 aromatic heterocycles. The van der Waals surface area contributed by atoms with Crippen molar-refractivity contribution in [3.05, 3.63) is 47.8 Å². The summed E-state index contributed by atoms with van der Waals surface area (Å²) >= 11 is 0. The Morgan fingerprint density at radius 3 is 3.00 bits per heavy atom. The number of anilines is 1. The molecule has 0 radical (unpaired) electrons. The molecule has 0 aliphatic carbocycles. The molecule has 18 heavy (non-hydrogen) atoms. The standard InChI is InChI=1S/C14H14N2O2/c1-10-5-6-12(8-15-10)16-7-11-3-2-4-13-14(11)18-9-17-13/h2-6,8,16H,7,9H2,1H3. The van der Waals surface area contributed by atoms with Crippen LogP contribution in [-0.2, 0) is 6.54 Å². The average molecular weight is 242 g/mol. The molecule has 3 rings (SSSR count). The monoisotopic (exact) mass is 242 g/mol. The van der Waals surface area contributed by atoms with Gasteiger partial charge in [-0.15, -0.1) is 0 Å². The van der Waals surface area contributed by atoms with E-state index < -0.39 is 0 Å². The van der Waals surface area contributed by atoms with Crippen molar-refractivity contribution in [2.45, 2.75) is 13.5 Å². The molecule has 0 unspecified atom stereocenters. The van der Waals surface area contributed by atoms with Crippen LogP contribution in [0, 0.1) is 6.92 Å².